The number of aryl methyl sites for hydroxylation is 2. The van der Waals surface area contributed by atoms with Crippen LogP contribution in [0.25, 0.3) is 0 Å². The van der Waals surface area contributed by atoms with Gasteiger partial charge in [0.15, 0.2) is 0 Å². The predicted octanol–water partition coefficient (Wildman–Crippen LogP) is 3.78. The van der Waals surface area contributed by atoms with Gasteiger partial charge in [0.1, 0.15) is 28.8 Å². The third-order valence-corrected chi connectivity index (χ3v) is 7.36. The molecule has 1 fully saturated rings. The van der Waals surface area contributed by atoms with E-state index in [-0.39, 0.29) is 34.8 Å². The van der Waals surface area contributed by atoms with Crippen molar-refractivity contribution >= 4 is 40.0 Å². The number of carbonyl (C=O) groups excluding carboxylic acids is 1. The zero-order chi connectivity index (χ0) is 25.1. The summed E-state index contributed by atoms with van der Waals surface area (Å²) in [6, 6.07) is 0.925. The van der Waals surface area contributed by atoms with Gasteiger partial charge in [-0.15, -0.1) is 21.5 Å². The summed E-state index contributed by atoms with van der Waals surface area (Å²) in [4.78, 5) is 25.0. The number of alkyl halides is 4. The van der Waals surface area contributed by atoms with Gasteiger partial charge in [0.25, 0.3) is 12.3 Å². The zero-order valence-electron chi connectivity index (χ0n) is 18.1. The van der Waals surface area contributed by atoms with Gasteiger partial charge in [-0.05, 0) is 24.8 Å². The van der Waals surface area contributed by atoms with Gasteiger partial charge in [-0.2, -0.15) is 5.10 Å². The zero-order valence-corrected chi connectivity index (χ0v) is 19.0. The van der Waals surface area contributed by atoms with Crippen LogP contribution in [-0.4, -0.2) is 47.5 Å². The van der Waals surface area contributed by atoms with Crippen molar-refractivity contribution in [3.63, 3.8) is 0 Å². The van der Waals surface area contributed by atoms with E-state index in [0.29, 0.717) is 18.4 Å². The van der Waals surface area contributed by atoms with E-state index in [2.05, 4.69) is 25.9 Å². The van der Waals surface area contributed by atoms with Gasteiger partial charge in [-0.1, -0.05) is 0 Å². The molecule has 3 heterocycles. The van der Waals surface area contributed by atoms with Crippen molar-refractivity contribution in [3.05, 3.63) is 34.1 Å². The summed E-state index contributed by atoms with van der Waals surface area (Å²) in [5.41, 5.74) is 0.00544. The van der Waals surface area contributed by atoms with Gasteiger partial charge >= 0.3 is 5.97 Å². The molecular formula is C20H19F4N7O3S. The van der Waals surface area contributed by atoms with Crippen molar-refractivity contribution in [3.8, 4) is 0 Å². The van der Waals surface area contributed by atoms with E-state index in [9.17, 15) is 32.3 Å². The number of carboxylic acid groups (broad SMARTS) is 1. The Morgan fingerprint density at radius 3 is 2.71 bits per heavy atom. The molecule has 3 N–H and O–H groups in total. The maximum absolute atomic E-state index is 13.3. The van der Waals surface area contributed by atoms with Crippen molar-refractivity contribution in [1.29, 1.82) is 0 Å². The summed E-state index contributed by atoms with van der Waals surface area (Å²) in [5.74, 6) is -6.13. The molecule has 0 aliphatic heterocycles. The minimum absolute atomic E-state index is 0.0485. The number of halogens is 4. The van der Waals surface area contributed by atoms with Crippen LogP contribution in [0.2, 0.25) is 0 Å². The van der Waals surface area contributed by atoms with Crippen LogP contribution in [0.1, 0.15) is 51.8 Å². The van der Waals surface area contributed by atoms with Crippen LogP contribution in [-0.2, 0) is 24.7 Å². The fourth-order valence-corrected chi connectivity index (χ4v) is 5.48. The number of hydrogen-bond acceptors (Lipinski definition) is 7. The first-order valence-corrected chi connectivity index (χ1v) is 11.4. The highest BCUT2D eigenvalue weighted by Crippen LogP contribution is 2.50. The van der Waals surface area contributed by atoms with Gasteiger partial charge in [-0.25, -0.2) is 22.4 Å². The van der Waals surface area contributed by atoms with Crippen LogP contribution in [0.3, 0.4) is 0 Å². The third kappa shape index (κ3) is 4.24. The molecule has 0 unspecified atom stereocenters. The minimum Gasteiger partial charge on any atom is -0.478 e. The Morgan fingerprint density at radius 2 is 2.09 bits per heavy atom. The maximum Gasteiger partial charge on any atom is 0.339 e. The number of nitrogens with zero attached hydrogens (tertiary/aromatic N) is 5. The second kappa shape index (κ2) is 8.32. The van der Waals surface area contributed by atoms with Gasteiger partial charge in [0.2, 0.25) is 11.9 Å². The average molecular weight is 513 g/mol. The second-order valence-corrected chi connectivity index (χ2v) is 9.59. The quantitative estimate of drug-likeness (QED) is 0.411. The molecule has 0 bridgehead atoms. The van der Waals surface area contributed by atoms with E-state index < -0.39 is 42.3 Å². The summed E-state index contributed by atoms with van der Waals surface area (Å²) in [6.45, 7) is 0. The van der Waals surface area contributed by atoms with Crippen molar-refractivity contribution < 1.29 is 32.3 Å². The van der Waals surface area contributed by atoms with Crippen LogP contribution < -0.4 is 10.6 Å². The largest absolute Gasteiger partial charge is 0.478 e. The molecule has 10 nitrogen and oxygen atoms in total. The molecular weight excluding hydrogens is 494 g/mol. The smallest absolute Gasteiger partial charge is 0.339 e. The van der Waals surface area contributed by atoms with Gasteiger partial charge in [0.05, 0.1) is 5.56 Å². The number of carbonyl (C=O) groups is 2. The number of rotatable bonds is 7. The fourth-order valence-electron chi connectivity index (χ4n) is 4.24. The van der Waals surface area contributed by atoms with Gasteiger partial charge in [-0.3, -0.25) is 14.0 Å². The lowest BCUT2D eigenvalue weighted by Gasteiger charge is -2.25. The molecule has 2 aliphatic rings. The number of hydrogen-bond donors (Lipinski definition) is 3. The standard InChI is InChI=1S/C20H19F4N7O3S/c1-30-13(5-11(29-30)15(21)22)26-19-28-25-7-31(19)8-2-3-12-9(4-8)14(18(33)34)17(35-12)27-16(32)10-6-20(10,23)24/h5,7-8,10,15H,2-4,6H2,1H3,(H,26,28)(H,27,32)(H,33,34)/t8-,10+/m0/s1. The molecule has 0 saturated heterocycles. The monoisotopic (exact) mass is 513 g/mol. The Kier molecular flexibility index (Phi) is 5.53. The Balaban J connectivity index is 1.38. The van der Waals surface area contributed by atoms with Crippen molar-refractivity contribution in [1.82, 2.24) is 24.5 Å². The molecule has 3 aromatic heterocycles. The van der Waals surface area contributed by atoms with Crippen LogP contribution in [0.15, 0.2) is 12.4 Å². The Hall–Kier alpha value is -3.49. The Bertz CT molecular complexity index is 1320. The SMILES string of the molecule is Cn1nc(C(F)F)cc1Nc1nncn1[C@H]1CCc2sc(NC(=O)[C@H]3CC3(F)F)c(C(=O)O)c2C1. The Labute approximate surface area is 199 Å². The highest BCUT2D eigenvalue weighted by Gasteiger charge is 2.61. The number of aromatic carboxylic acids is 1. The second-order valence-electron chi connectivity index (χ2n) is 8.48. The molecule has 186 valence electrons. The van der Waals surface area contributed by atoms with Crippen LogP contribution in [0.5, 0.6) is 0 Å². The normalized spacial score (nSPS) is 20.5. The first-order chi connectivity index (χ1) is 16.5. The predicted molar refractivity (Wildman–Crippen MR) is 115 cm³/mol. The van der Waals surface area contributed by atoms with E-state index >= 15 is 0 Å². The molecule has 2 aliphatic carbocycles. The number of thiophene rings is 1. The lowest BCUT2D eigenvalue weighted by atomic mass is 9.91. The number of fused-ring (bicyclic) bond motifs is 1. The number of amides is 1. The molecule has 0 radical (unpaired) electrons. The number of nitrogens with one attached hydrogen (secondary N) is 2. The topological polar surface area (TPSA) is 127 Å². The summed E-state index contributed by atoms with van der Waals surface area (Å²) in [7, 11) is 1.50. The van der Waals surface area contributed by atoms with Crippen molar-refractivity contribution in [2.24, 2.45) is 13.0 Å². The summed E-state index contributed by atoms with van der Waals surface area (Å²) >= 11 is 1.08. The van der Waals surface area contributed by atoms with E-state index in [4.69, 9.17) is 0 Å². The van der Waals surface area contributed by atoms with Gasteiger partial charge in [0, 0.05) is 30.5 Å². The maximum atomic E-state index is 13.3. The summed E-state index contributed by atoms with van der Waals surface area (Å²) in [6.07, 6.45) is -0.496. The van der Waals surface area contributed by atoms with Crippen molar-refractivity contribution in [2.75, 3.05) is 10.6 Å². The molecule has 15 heteroatoms. The molecule has 1 saturated carbocycles. The van der Waals surface area contributed by atoms with Crippen molar-refractivity contribution in [2.45, 2.75) is 44.1 Å². The highest BCUT2D eigenvalue weighted by molar-refractivity contribution is 7.17. The molecule has 3 aromatic rings. The van der Waals surface area contributed by atoms with Gasteiger partial charge < -0.3 is 15.7 Å². The fraction of sp³-hybridized carbons (Fsp3) is 0.450. The first-order valence-electron chi connectivity index (χ1n) is 10.6. The average Bonchev–Trinajstić information content (AvgIpc) is 3.16. The molecule has 5 rings (SSSR count). The van der Waals surface area contributed by atoms with Crippen LogP contribution >= 0.6 is 11.3 Å². The lowest BCUT2D eigenvalue weighted by molar-refractivity contribution is -0.119. The summed E-state index contributed by atoms with van der Waals surface area (Å²) < 4.78 is 55.4. The molecule has 0 aromatic carbocycles. The first kappa shape index (κ1) is 23.3. The van der Waals surface area contributed by atoms with E-state index in [1.165, 1.54) is 24.1 Å². The molecule has 1 amide bonds. The molecule has 35 heavy (non-hydrogen) atoms. The minimum atomic E-state index is -3.06. The Morgan fingerprint density at radius 1 is 1.34 bits per heavy atom. The molecule has 0 spiro atoms. The third-order valence-electron chi connectivity index (χ3n) is 6.16. The van der Waals surface area contributed by atoms with E-state index in [1.807, 2.05) is 0 Å². The number of carboxylic acids is 1. The number of anilines is 3. The lowest BCUT2D eigenvalue weighted by Crippen LogP contribution is -2.21. The van der Waals surface area contributed by atoms with Crippen LogP contribution in [0, 0.1) is 5.92 Å². The summed E-state index contributed by atoms with van der Waals surface area (Å²) in [5, 5.41) is 26.8. The van der Waals surface area contributed by atoms with E-state index in [1.54, 1.807) is 4.57 Å². The number of aromatic nitrogens is 5. The molecule has 2 atom stereocenters. The van der Waals surface area contributed by atoms with E-state index in [0.717, 1.165) is 16.2 Å². The highest BCUT2D eigenvalue weighted by atomic mass is 32.1. The van der Waals surface area contributed by atoms with Crippen LogP contribution in [0.4, 0.5) is 34.3 Å².